The standard InChI is InChI=1S/C23H29NO/c1-4-21-11-17(5-6-22(21)7-16(2)25-3)15-24-23-12-18-8-19(13-23)10-20(9-18)14-23/h1,5-7,11,18-20,24H,8-10,12-15H2,2-3H3/b16-7+. The van der Waals surface area contributed by atoms with Crippen LogP contribution in [0.25, 0.3) is 6.08 Å². The Hall–Kier alpha value is -1.72. The molecule has 0 saturated heterocycles. The first-order valence-corrected chi connectivity index (χ1v) is 9.66. The molecule has 25 heavy (non-hydrogen) atoms. The summed E-state index contributed by atoms with van der Waals surface area (Å²) in [6.45, 7) is 2.87. The Morgan fingerprint density at radius 1 is 1.24 bits per heavy atom. The summed E-state index contributed by atoms with van der Waals surface area (Å²) in [4.78, 5) is 0. The second-order valence-electron chi connectivity index (χ2n) is 8.58. The van der Waals surface area contributed by atoms with E-state index in [9.17, 15) is 0 Å². The van der Waals surface area contributed by atoms with Gasteiger partial charge in [-0.2, -0.15) is 0 Å². The van der Waals surface area contributed by atoms with Crippen LogP contribution < -0.4 is 5.32 Å². The van der Waals surface area contributed by atoms with Crippen molar-refractivity contribution in [3.63, 3.8) is 0 Å². The van der Waals surface area contributed by atoms with Crippen molar-refractivity contribution in [2.45, 2.75) is 57.5 Å². The molecule has 0 spiro atoms. The van der Waals surface area contributed by atoms with Crippen LogP contribution in [0.15, 0.2) is 24.0 Å². The third kappa shape index (κ3) is 3.35. The molecule has 1 N–H and O–H groups in total. The highest BCUT2D eigenvalue weighted by molar-refractivity contribution is 5.60. The van der Waals surface area contributed by atoms with Crippen LogP contribution in [-0.4, -0.2) is 12.6 Å². The van der Waals surface area contributed by atoms with Gasteiger partial charge in [0.05, 0.1) is 12.9 Å². The van der Waals surface area contributed by atoms with Crippen molar-refractivity contribution in [1.29, 1.82) is 0 Å². The first-order chi connectivity index (χ1) is 12.1. The molecule has 2 nitrogen and oxygen atoms in total. The van der Waals surface area contributed by atoms with Gasteiger partial charge in [-0.15, -0.1) is 6.42 Å². The van der Waals surface area contributed by atoms with Gasteiger partial charge in [0.1, 0.15) is 0 Å². The zero-order chi connectivity index (χ0) is 17.4. The Balaban J connectivity index is 1.48. The van der Waals surface area contributed by atoms with Gasteiger partial charge in [-0.25, -0.2) is 0 Å². The molecule has 1 aromatic carbocycles. The normalized spacial score (nSPS) is 33.3. The molecule has 0 atom stereocenters. The molecule has 0 amide bonds. The summed E-state index contributed by atoms with van der Waals surface area (Å²) in [5, 5.41) is 3.96. The number of methoxy groups -OCH3 is 1. The number of hydrogen-bond acceptors (Lipinski definition) is 2. The lowest BCUT2D eigenvalue weighted by atomic mass is 9.53. The summed E-state index contributed by atoms with van der Waals surface area (Å²) in [5.74, 6) is 6.63. The molecular formula is C23H29NO. The molecule has 0 unspecified atom stereocenters. The van der Waals surface area contributed by atoms with Gasteiger partial charge in [0.25, 0.3) is 0 Å². The van der Waals surface area contributed by atoms with Gasteiger partial charge in [0.2, 0.25) is 0 Å². The number of rotatable bonds is 5. The third-order valence-electron chi connectivity index (χ3n) is 6.66. The lowest BCUT2D eigenvalue weighted by molar-refractivity contribution is -0.0206. The first kappa shape index (κ1) is 16.7. The molecule has 0 aliphatic heterocycles. The zero-order valence-corrected chi connectivity index (χ0v) is 15.5. The fourth-order valence-electron chi connectivity index (χ4n) is 5.86. The van der Waals surface area contributed by atoms with Crippen molar-refractivity contribution >= 4 is 6.08 Å². The summed E-state index contributed by atoms with van der Waals surface area (Å²) in [5.41, 5.74) is 3.69. The lowest BCUT2D eigenvalue weighted by Gasteiger charge is -2.57. The molecule has 1 aromatic rings. The summed E-state index contributed by atoms with van der Waals surface area (Å²) < 4.78 is 5.25. The monoisotopic (exact) mass is 335 g/mol. The molecular weight excluding hydrogens is 306 g/mol. The highest BCUT2D eigenvalue weighted by Gasteiger charge is 2.50. The molecule has 4 aliphatic rings. The molecule has 4 bridgehead atoms. The molecule has 4 fully saturated rings. The number of hydrogen-bond donors (Lipinski definition) is 1. The van der Waals surface area contributed by atoms with E-state index in [1.807, 2.05) is 13.0 Å². The van der Waals surface area contributed by atoms with E-state index in [0.717, 1.165) is 41.2 Å². The van der Waals surface area contributed by atoms with E-state index < -0.39 is 0 Å². The summed E-state index contributed by atoms with van der Waals surface area (Å²) >= 11 is 0. The van der Waals surface area contributed by atoms with Gasteiger partial charge in [-0.05, 0) is 86.5 Å². The Bertz CT molecular complexity index is 689. The minimum atomic E-state index is 0.399. The van der Waals surface area contributed by atoms with Crippen LogP contribution in [0, 0.1) is 30.1 Å². The third-order valence-corrected chi connectivity index (χ3v) is 6.66. The van der Waals surface area contributed by atoms with Crippen molar-refractivity contribution in [2.75, 3.05) is 7.11 Å². The maximum Gasteiger partial charge on any atom is 0.0930 e. The quantitative estimate of drug-likeness (QED) is 0.620. The Kier molecular flexibility index (Phi) is 4.38. The van der Waals surface area contributed by atoms with E-state index in [1.54, 1.807) is 7.11 Å². The number of nitrogens with one attached hydrogen (secondary N) is 1. The van der Waals surface area contributed by atoms with E-state index in [0.29, 0.717) is 5.54 Å². The predicted octanol–water partition coefficient (Wildman–Crippen LogP) is 4.73. The SMILES string of the molecule is C#Cc1cc(CNC23CC4CC(CC(C4)C2)C3)ccc1/C=C(\C)OC. The second kappa shape index (κ2) is 6.54. The summed E-state index contributed by atoms with van der Waals surface area (Å²) in [6, 6.07) is 6.47. The van der Waals surface area contributed by atoms with Gasteiger partial charge in [-0.3, -0.25) is 0 Å². The highest BCUT2D eigenvalue weighted by Crippen LogP contribution is 2.55. The smallest absolute Gasteiger partial charge is 0.0930 e. The Morgan fingerprint density at radius 3 is 2.44 bits per heavy atom. The van der Waals surface area contributed by atoms with Crippen LogP contribution >= 0.6 is 0 Å². The van der Waals surface area contributed by atoms with E-state index in [1.165, 1.54) is 44.1 Å². The van der Waals surface area contributed by atoms with Crippen molar-refractivity contribution in [3.8, 4) is 12.3 Å². The van der Waals surface area contributed by atoms with Crippen molar-refractivity contribution in [2.24, 2.45) is 17.8 Å². The molecule has 0 radical (unpaired) electrons. The van der Waals surface area contributed by atoms with Crippen molar-refractivity contribution < 1.29 is 4.74 Å². The fraction of sp³-hybridized carbons (Fsp3) is 0.565. The Labute approximate surface area is 152 Å². The molecule has 4 saturated carbocycles. The number of terminal acetylenes is 1. The topological polar surface area (TPSA) is 21.3 Å². The molecule has 4 aliphatic carbocycles. The molecule has 5 rings (SSSR count). The van der Waals surface area contributed by atoms with E-state index in [2.05, 4.69) is 29.4 Å². The zero-order valence-electron chi connectivity index (χ0n) is 15.5. The minimum Gasteiger partial charge on any atom is -0.501 e. The van der Waals surface area contributed by atoms with Gasteiger partial charge in [0.15, 0.2) is 0 Å². The van der Waals surface area contributed by atoms with Crippen LogP contribution in [0.4, 0.5) is 0 Å². The largest absolute Gasteiger partial charge is 0.501 e. The van der Waals surface area contributed by atoms with Gasteiger partial charge >= 0.3 is 0 Å². The predicted molar refractivity (Wildman–Crippen MR) is 103 cm³/mol. The van der Waals surface area contributed by atoms with Crippen LogP contribution in [0.1, 0.15) is 62.1 Å². The minimum absolute atomic E-state index is 0.399. The molecule has 2 heteroatoms. The number of ether oxygens (including phenoxy) is 1. The maximum absolute atomic E-state index is 5.74. The fourth-order valence-corrected chi connectivity index (χ4v) is 5.86. The van der Waals surface area contributed by atoms with Gasteiger partial charge in [0, 0.05) is 17.6 Å². The van der Waals surface area contributed by atoms with E-state index >= 15 is 0 Å². The summed E-state index contributed by atoms with van der Waals surface area (Å²) in [6.07, 6.45) is 16.4. The average molecular weight is 335 g/mol. The van der Waals surface area contributed by atoms with E-state index in [-0.39, 0.29) is 0 Å². The van der Waals surface area contributed by atoms with Gasteiger partial charge in [-0.1, -0.05) is 18.1 Å². The lowest BCUT2D eigenvalue weighted by Crippen LogP contribution is -2.58. The number of allylic oxidation sites excluding steroid dienone is 1. The number of benzene rings is 1. The Morgan fingerprint density at radius 2 is 1.88 bits per heavy atom. The van der Waals surface area contributed by atoms with Crippen molar-refractivity contribution in [3.05, 3.63) is 40.6 Å². The average Bonchev–Trinajstić information content (AvgIpc) is 2.59. The van der Waals surface area contributed by atoms with Gasteiger partial charge < -0.3 is 10.1 Å². The van der Waals surface area contributed by atoms with Crippen LogP contribution in [0.2, 0.25) is 0 Å². The van der Waals surface area contributed by atoms with E-state index in [4.69, 9.17) is 11.2 Å². The molecule has 0 heterocycles. The van der Waals surface area contributed by atoms with Crippen LogP contribution in [0.5, 0.6) is 0 Å². The highest BCUT2D eigenvalue weighted by atomic mass is 16.5. The van der Waals surface area contributed by atoms with Crippen molar-refractivity contribution in [1.82, 2.24) is 5.32 Å². The summed E-state index contributed by atoms with van der Waals surface area (Å²) in [7, 11) is 1.69. The van der Waals surface area contributed by atoms with Crippen LogP contribution in [0.3, 0.4) is 0 Å². The molecule has 132 valence electrons. The molecule has 0 aromatic heterocycles. The first-order valence-electron chi connectivity index (χ1n) is 9.66. The van der Waals surface area contributed by atoms with Crippen LogP contribution in [-0.2, 0) is 11.3 Å². The maximum atomic E-state index is 5.74. The second-order valence-corrected chi connectivity index (χ2v) is 8.58.